The van der Waals surface area contributed by atoms with E-state index in [1.807, 2.05) is 6.92 Å². The number of carboxylic acid groups (broad SMARTS) is 1. The van der Waals surface area contributed by atoms with Crippen molar-refractivity contribution in [3.63, 3.8) is 0 Å². The molecule has 27 heavy (non-hydrogen) atoms. The Morgan fingerprint density at radius 2 is 2.19 bits per heavy atom. The van der Waals surface area contributed by atoms with Crippen molar-refractivity contribution in [1.82, 2.24) is 14.1 Å². The first-order valence-electron chi connectivity index (χ1n) is 8.79. The van der Waals surface area contributed by atoms with Crippen molar-refractivity contribution in [2.75, 3.05) is 13.1 Å². The van der Waals surface area contributed by atoms with Crippen LogP contribution in [0.15, 0.2) is 35.5 Å². The monoisotopic (exact) mass is 393 g/mol. The summed E-state index contributed by atoms with van der Waals surface area (Å²) in [6.45, 7) is 1.93. The fourth-order valence-electron chi connectivity index (χ4n) is 4.30. The van der Waals surface area contributed by atoms with Gasteiger partial charge in [0.25, 0.3) is 0 Å². The average molecular weight is 393 g/mol. The number of aromatic nitrogens is 2. The molecule has 1 N–H and O–H groups in total. The van der Waals surface area contributed by atoms with E-state index in [0.29, 0.717) is 12.8 Å². The van der Waals surface area contributed by atoms with Gasteiger partial charge >= 0.3 is 5.97 Å². The molecule has 9 heteroatoms. The molecule has 1 aromatic carbocycles. The quantitative estimate of drug-likeness (QED) is 0.860. The number of nitrogens with zero attached hydrogens (tertiary/aromatic N) is 3. The van der Waals surface area contributed by atoms with Gasteiger partial charge in [0.2, 0.25) is 10.0 Å². The number of aliphatic carboxylic acids is 1. The van der Waals surface area contributed by atoms with Crippen molar-refractivity contribution in [2.45, 2.75) is 31.1 Å². The highest BCUT2D eigenvalue weighted by molar-refractivity contribution is 7.89. The molecule has 1 aliphatic heterocycles. The maximum Gasteiger partial charge on any atom is 0.311 e. The highest BCUT2D eigenvalue weighted by Crippen LogP contribution is 2.50. The number of halogens is 1. The fraction of sp³-hybridized carbons (Fsp3) is 0.444. The first-order chi connectivity index (χ1) is 12.7. The van der Waals surface area contributed by atoms with Crippen LogP contribution in [0.25, 0.3) is 5.69 Å². The third-order valence-electron chi connectivity index (χ3n) is 5.78. The zero-order valence-corrected chi connectivity index (χ0v) is 15.6. The number of sulfonamides is 1. The molecular formula is C18H20FN3O4S. The lowest BCUT2D eigenvalue weighted by Crippen LogP contribution is -2.37. The van der Waals surface area contributed by atoms with E-state index in [-0.39, 0.29) is 29.6 Å². The molecule has 2 aromatic rings. The van der Waals surface area contributed by atoms with Gasteiger partial charge in [0.05, 0.1) is 16.5 Å². The van der Waals surface area contributed by atoms with Gasteiger partial charge in [0.15, 0.2) is 0 Å². The van der Waals surface area contributed by atoms with Crippen LogP contribution in [0.3, 0.4) is 0 Å². The minimum Gasteiger partial charge on any atom is -0.481 e. The number of benzene rings is 1. The molecule has 0 spiro atoms. The van der Waals surface area contributed by atoms with Crippen molar-refractivity contribution >= 4 is 16.0 Å². The van der Waals surface area contributed by atoms with Crippen molar-refractivity contribution in [3.8, 4) is 5.69 Å². The molecule has 1 aromatic heterocycles. The van der Waals surface area contributed by atoms with Crippen LogP contribution < -0.4 is 0 Å². The average Bonchev–Trinajstić information content (AvgIpc) is 3.28. The molecule has 0 bridgehead atoms. The number of aryl methyl sites for hydroxylation is 1. The maximum atomic E-state index is 14.6. The third-order valence-corrected chi connectivity index (χ3v) is 7.59. The number of hydrogen-bond donors (Lipinski definition) is 1. The Bertz CT molecular complexity index is 1020. The summed E-state index contributed by atoms with van der Waals surface area (Å²) in [5.74, 6) is -1.84. The fourth-order valence-corrected chi connectivity index (χ4v) is 5.87. The van der Waals surface area contributed by atoms with E-state index >= 15 is 0 Å². The molecule has 0 amide bonds. The number of fused-ring (bicyclic) bond motifs is 1. The van der Waals surface area contributed by atoms with E-state index in [0.717, 1.165) is 18.1 Å². The SMILES string of the molecule is Cc1cnn(-c2ccc(S(=O)(=O)N3C[C@@H]4CCC[C@@]4(C(=O)O)C3)cc2F)c1. The van der Waals surface area contributed by atoms with E-state index in [9.17, 15) is 22.7 Å². The standard InChI is InChI=1S/C18H20FN3O4S/c1-12-8-20-22(9-12)16-5-4-14(7-15(16)19)27(25,26)21-10-13-3-2-6-18(13,11-21)17(23)24/h4-5,7-9,13H,2-3,6,10-11H2,1H3,(H,23,24)/t13-,18+/m0/s1. The van der Waals surface area contributed by atoms with Crippen LogP contribution >= 0.6 is 0 Å². The summed E-state index contributed by atoms with van der Waals surface area (Å²) in [7, 11) is -3.97. The van der Waals surface area contributed by atoms with Crippen LogP contribution in [-0.2, 0) is 14.8 Å². The van der Waals surface area contributed by atoms with Crippen LogP contribution in [0.1, 0.15) is 24.8 Å². The molecule has 2 heterocycles. The van der Waals surface area contributed by atoms with Gasteiger partial charge in [-0.2, -0.15) is 9.40 Å². The normalized spacial score (nSPS) is 25.6. The van der Waals surface area contributed by atoms with Gasteiger partial charge in [-0.15, -0.1) is 0 Å². The molecular weight excluding hydrogens is 373 g/mol. The van der Waals surface area contributed by atoms with Gasteiger partial charge in [-0.25, -0.2) is 17.5 Å². The van der Waals surface area contributed by atoms with Crippen molar-refractivity contribution in [1.29, 1.82) is 0 Å². The third kappa shape index (κ3) is 2.76. The van der Waals surface area contributed by atoms with Gasteiger partial charge in [0.1, 0.15) is 11.5 Å². The number of carbonyl (C=O) groups is 1. The summed E-state index contributed by atoms with van der Waals surface area (Å²) in [4.78, 5) is 11.6. The minimum atomic E-state index is -3.97. The summed E-state index contributed by atoms with van der Waals surface area (Å²) in [6, 6.07) is 3.69. The lowest BCUT2D eigenvalue weighted by Gasteiger charge is -2.23. The lowest BCUT2D eigenvalue weighted by atomic mass is 9.81. The predicted octanol–water partition coefficient (Wildman–Crippen LogP) is 2.20. The highest BCUT2D eigenvalue weighted by Gasteiger charge is 2.57. The molecule has 2 atom stereocenters. The molecule has 2 aliphatic rings. The second kappa shape index (κ2) is 6.13. The van der Waals surface area contributed by atoms with Gasteiger partial charge in [0, 0.05) is 19.3 Å². The first kappa shape index (κ1) is 18.1. The molecule has 4 rings (SSSR count). The van der Waals surface area contributed by atoms with Gasteiger partial charge in [-0.05, 0) is 49.4 Å². The highest BCUT2D eigenvalue weighted by atomic mass is 32.2. The summed E-state index contributed by atoms with van der Waals surface area (Å²) in [5, 5.41) is 13.7. The maximum absolute atomic E-state index is 14.6. The molecule has 1 saturated carbocycles. The topological polar surface area (TPSA) is 92.5 Å². The number of hydrogen-bond acceptors (Lipinski definition) is 4. The van der Waals surface area contributed by atoms with Crippen LogP contribution in [0.2, 0.25) is 0 Å². The number of carboxylic acids is 1. The second-order valence-electron chi connectivity index (χ2n) is 7.42. The molecule has 1 saturated heterocycles. The summed E-state index contributed by atoms with van der Waals surface area (Å²) < 4.78 is 43.1. The van der Waals surface area contributed by atoms with E-state index in [1.165, 1.54) is 21.1 Å². The number of rotatable bonds is 4. The second-order valence-corrected chi connectivity index (χ2v) is 9.36. The molecule has 1 aliphatic carbocycles. The minimum absolute atomic E-state index is 0.0585. The zero-order chi connectivity index (χ0) is 19.4. The van der Waals surface area contributed by atoms with Gasteiger partial charge < -0.3 is 5.11 Å². The lowest BCUT2D eigenvalue weighted by molar-refractivity contribution is -0.149. The van der Waals surface area contributed by atoms with E-state index < -0.39 is 27.2 Å². The Balaban J connectivity index is 1.65. The van der Waals surface area contributed by atoms with Crippen molar-refractivity contribution < 1.29 is 22.7 Å². The van der Waals surface area contributed by atoms with E-state index in [1.54, 1.807) is 12.4 Å². The predicted molar refractivity (Wildman–Crippen MR) is 94.4 cm³/mol. The smallest absolute Gasteiger partial charge is 0.311 e. The van der Waals surface area contributed by atoms with E-state index in [4.69, 9.17) is 0 Å². The largest absolute Gasteiger partial charge is 0.481 e. The Morgan fingerprint density at radius 1 is 1.41 bits per heavy atom. The van der Waals surface area contributed by atoms with Crippen LogP contribution in [-0.4, -0.2) is 46.7 Å². The van der Waals surface area contributed by atoms with Crippen LogP contribution in [0.4, 0.5) is 4.39 Å². The molecule has 0 radical (unpaired) electrons. The zero-order valence-electron chi connectivity index (χ0n) is 14.8. The van der Waals surface area contributed by atoms with E-state index in [2.05, 4.69) is 5.10 Å². The molecule has 2 fully saturated rings. The summed E-state index contributed by atoms with van der Waals surface area (Å²) in [5.41, 5.74) is -0.00553. The molecule has 0 unspecified atom stereocenters. The first-order valence-corrected chi connectivity index (χ1v) is 10.2. The Morgan fingerprint density at radius 3 is 2.78 bits per heavy atom. The molecule has 144 valence electrons. The molecule has 7 nitrogen and oxygen atoms in total. The van der Waals surface area contributed by atoms with Gasteiger partial charge in [-0.3, -0.25) is 4.79 Å². The Kier molecular flexibility index (Phi) is 4.12. The summed E-state index contributed by atoms with van der Waals surface area (Å²) in [6.07, 6.45) is 5.19. The van der Waals surface area contributed by atoms with Gasteiger partial charge in [-0.1, -0.05) is 6.42 Å². The van der Waals surface area contributed by atoms with Crippen molar-refractivity contribution in [2.24, 2.45) is 11.3 Å². The Labute approximate surface area is 156 Å². The Hall–Kier alpha value is -2.26. The van der Waals surface area contributed by atoms with Crippen LogP contribution in [0, 0.1) is 24.1 Å². The van der Waals surface area contributed by atoms with Crippen molar-refractivity contribution in [3.05, 3.63) is 42.0 Å². The summed E-state index contributed by atoms with van der Waals surface area (Å²) >= 11 is 0. The van der Waals surface area contributed by atoms with Crippen LogP contribution in [0.5, 0.6) is 0 Å².